The smallest absolute Gasteiger partial charge is 0.253 e. The number of carbonyl (C=O) groups is 1. The minimum Gasteiger partial charge on any atom is -0.387 e. The molecule has 0 spiro atoms. The van der Waals surface area contributed by atoms with Crippen molar-refractivity contribution >= 4 is 23.2 Å². The van der Waals surface area contributed by atoms with Crippen LogP contribution >= 0.6 is 11.6 Å². The zero-order valence-electron chi connectivity index (χ0n) is 11.1. The Balaban J connectivity index is 2.81. The number of carbonyl (C=O) groups excluding carboxylic acids is 1. The molecule has 1 amide bonds. The van der Waals surface area contributed by atoms with Crippen LogP contribution in [0.5, 0.6) is 0 Å². The topological polar surface area (TPSA) is 50.4 Å². The number of halogens is 1. The molecule has 1 rings (SSSR count). The van der Waals surface area contributed by atoms with Crippen molar-refractivity contribution in [2.75, 3.05) is 26.0 Å². The summed E-state index contributed by atoms with van der Waals surface area (Å²) in [5, 5.41) is 6.33. The summed E-state index contributed by atoms with van der Waals surface area (Å²) >= 11 is 5.90. The minimum absolute atomic E-state index is 0.174. The molecule has 4 nitrogen and oxygen atoms in total. The fraction of sp³-hybridized carbons (Fsp3) is 0.462. The average Bonchev–Trinajstić information content (AvgIpc) is 2.36. The Morgan fingerprint density at radius 3 is 2.67 bits per heavy atom. The molecule has 1 aromatic rings. The van der Waals surface area contributed by atoms with Gasteiger partial charge in [-0.1, -0.05) is 11.6 Å². The highest BCUT2D eigenvalue weighted by molar-refractivity contribution is 6.31. The molecular formula is C13H19ClN2O2. The van der Waals surface area contributed by atoms with E-state index in [9.17, 15) is 4.79 Å². The summed E-state index contributed by atoms with van der Waals surface area (Å²) in [5.74, 6) is -0.174. The Hall–Kier alpha value is -1.26. The first-order valence-electron chi connectivity index (χ1n) is 5.70. The van der Waals surface area contributed by atoms with Crippen molar-refractivity contribution in [1.29, 1.82) is 0 Å². The van der Waals surface area contributed by atoms with E-state index < -0.39 is 5.60 Å². The lowest BCUT2D eigenvalue weighted by molar-refractivity contribution is 0.0229. The second kappa shape index (κ2) is 6.07. The molecule has 0 atom stereocenters. The van der Waals surface area contributed by atoms with E-state index in [4.69, 9.17) is 16.3 Å². The average molecular weight is 271 g/mol. The fourth-order valence-electron chi connectivity index (χ4n) is 1.38. The molecule has 0 bridgehead atoms. The Morgan fingerprint density at radius 2 is 2.11 bits per heavy atom. The van der Waals surface area contributed by atoms with Crippen LogP contribution in [0.1, 0.15) is 24.2 Å². The van der Waals surface area contributed by atoms with Gasteiger partial charge in [0.15, 0.2) is 0 Å². The Kier molecular flexibility index (Phi) is 4.99. The highest BCUT2D eigenvalue weighted by atomic mass is 35.5. The molecule has 2 N–H and O–H groups in total. The number of ether oxygens (including phenoxy) is 1. The third kappa shape index (κ3) is 3.89. The van der Waals surface area contributed by atoms with Crippen LogP contribution in [0.4, 0.5) is 5.69 Å². The third-order valence-electron chi connectivity index (χ3n) is 2.72. The van der Waals surface area contributed by atoms with Gasteiger partial charge in [0.2, 0.25) is 0 Å². The third-order valence-corrected chi connectivity index (χ3v) is 2.96. The monoisotopic (exact) mass is 270 g/mol. The highest BCUT2D eigenvalue weighted by Crippen LogP contribution is 2.20. The normalized spacial score (nSPS) is 11.2. The van der Waals surface area contributed by atoms with Gasteiger partial charge in [0.1, 0.15) is 0 Å². The molecule has 0 saturated heterocycles. The molecule has 0 aliphatic carbocycles. The maximum absolute atomic E-state index is 12.1. The van der Waals surface area contributed by atoms with Crippen LogP contribution in [0.3, 0.4) is 0 Å². The number of rotatable bonds is 5. The quantitative estimate of drug-likeness (QED) is 0.864. The van der Waals surface area contributed by atoms with Crippen LogP contribution < -0.4 is 10.6 Å². The number of benzene rings is 1. The first kappa shape index (κ1) is 14.8. The summed E-state index contributed by atoms with van der Waals surface area (Å²) in [6.07, 6.45) is 0. The van der Waals surface area contributed by atoms with Crippen LogP contribution in [0.25, 0.3) is 0 Å². The molecule has 1 aromatic carbocycles. The summed E-state index contributed by atoms with van der Waals surface area (Å²) in [5.41, 5.74) is 0.873. The molecule has 0 radical (unpaired) electrons. The van der Waals surface area contributed by atoms with Crippen molar-refractivity contribution in [2.24, 2.45) is 0 Å². The van der Waals surface area contributed by atoms with Gasteiger partial charge >= 0.3 is 0 Å². The van der Waals surface area contributed by atoms with Crippen LogP contribution in [0.15, 0.2) is 18.2 Å². The first-order valence-corrected chi connectivity index (χ1v) is 6.08. The maximum Gasteiger partial charge on any atom is 0.253 e. The van der Waals surface area contributed by atoms with Crippen LogP contribution in [-0.4, -0.2) is 32.2 Å². The van der Waals surface area contributed by atoms with Crippen molar-refractivity contribution in [2.45, 2.75) is 19.4 Å². The summed E-state index contributed by atoms with van der Waals surface area (Å²) in [6.45, 7) is 4.24. The second-order valence-corrected chi connectivity index (χ2v) is 5.02. The molecule has 0 unspecified atom stereocenters. The SMILES string of the molecule is CNc1ccc(Cl)cc1C(=O)NCC(C)(C)OC. The summed E-state index contributed by atoms with van der Waals surface area (Å²) in [6, 6.07) is 5.16. The van der Waals surface area contributed by atoms with Gasteiger partial charge in [-0.15, -0.1) is 0 Å². The number of nitrogens with one attached hydrogen (secondary N) is 2. The Bertz CT molecular complexity index is 433. The zero-order valence-corrected chi connectivity index (χ0v) is 11.9. The molecule has 18 heavy (non-hydrogen) atoms. The van der Waals surface area contributed by atoms with Crippen molar-refractivity contribution in [3.63, 3.8) is 0 Å². The minimum atomic E-state index is -0.395. The van der Waals surface area contributed by atoms with Gasteiger partial charge in [-0.2, -0.15) is 0 Å². The van der Waals surface area contributed by atoms with Gasteiger partial charge in [0, 0.05) is 31.4 Å². The molecule has 0 aromatic heterocycles. The molecule has 5 heteroatoms. The maximum atomic E-state index is 12.1. The van der Waals surface area contributed by atoms with E-state index in [-0.39, 0.29) is 5.91 Å². The number of anilines is 1. The van der Waals surface area contributed by atoms with E-state index in [0.29, 0.717) is 17.1 Å². The zero-order chi connectivity index (χ0) is 13.8. The Labute approximate surface area is 113 Å². The molecule has 0 heterocycles. The molecular weight excluding hydrogens is 252 g/mol. The van der Waals surface area contributed by atoms with E-state index in [0.717, 1.165) is 5.69 Å². The van der Waals surface area contributed by atoms with Gasteiger partial charge in [-0.05, 0) is 32.0 Å². The van der Waals surface area contributed by atoms with E-state index in [1.54, 1.807) is 32.4 Å². The lowest BCUT2D eigenvalue weighted by atomic mass is 10.1. The van der Waals surface area contributed by atoms with E-state index in [1.807, 2.05) is 13.8 Å². The summed E-state index contributed by atoms with van der Waals surface area (Å²) in [4.78, 5) is 12.1. The molecule has 0 aliphatic rings. The molecule has 100 valence electrons. The van der Waals surface area contributed by atoms with Gasteiger partial charge in [-0.25, -0.2) is 0 Å². The predicted octanol–water partition coefficient (Wildman–Crippen LogP) is 2.54. The number of amides is 1. The number of hydrogen-bond donors (Lipinski definition) is 2. The highest BCUT2D eigenvalue weighted by Gasteiger charge is 2.19. The second-order valence-electron chi connectivity index (χ2n) is 4.59. The van der Waals surface area contributed by atoms with Crippen molar-refractivity contribution in [3.8, 4) is 0 Å². The van der Waals surface area contributed by atoms with E-state index in [1.165, 1.54) is 0 Å². The summed E-state index contributed by atoms with van der Waals surface area (Å²) < 4.78 is 5.25. The fourth-order valence-corrected chi connectivity index (χ4v) is 1.55. The lowest BCUT2D eigenvalue weighted by Crippen LogP contribution is -2.39. The molecule has 0 fully saturated rings. The van der Waals surface area contributed by atoms with Crippen molar-refractivity contribution < 1.29 is 9.53 Å². The van der Waals surface area contributed by atoms with E-state index >= 15 is 0 Å². The van der Waals surface area contributed by atoms with Crippen LogP contribution in [0, 0.1) is 0 Å². The van der Waals surface area contributed by atoms with Crippen molar-refractivity contribution in [1.82, 2.24) is 5.32 Å². The molecule has 0 saturated carbocycles. The predicted molar refractivity (Wildman–Crippen MR) is 74.4 cm³/mol. The Morgan fingerprint density at radius 1 is 1.44 bits per heavy atom. The lowest BCUT2D eigenvalue weighted by Gasteiger charge is -2.23. The van der Waals surface area contributed by atoms with Crippen molar-refractivity contribution in [3.05, 3.63) is 28.8 Å². The number of hydrogen-bond acceptors (Lipinski definition) is 3. The van der Waals surface area contributed by atoms with Crippen LogP contribution in [0.2, 0.25) is 5.02 Å². The van der Waals surface area contributed by atoms with E-state index in [2.05, 4.69) is 10.6 Å². The van der Waals surface area contributed by atoms with Gasteiger partial charge < -0.3 is 15.4 Å². The summed E-state index contributed by atoms with van der Waals surface area (Å²) in [7, 11) is 3.38. The van der Waals surface area contributed by atoms with Gasteiger partial charge in [0.25, 0.3) is 5.91 Å². The largest absolute Gasteiger partial charge is 0.387 e. The van der Waals surface area contributed by atoms with Gasteiger partial charge in [0.05, 0.1) is 11.2 Å². The number of methoxy groups -OCH3 is 1. The van der Waals surface area contributed by atoms with Gasteiger partial charge in [-0.3, -0.25) is 4.79 Å². The first-order chi connectivity index (χ1) is 8.39. The molecule has 0 aliphatic heterocycles. The van der Waals surface area contributed by atoms with Crippen LogP contribution in [-0.2, 0) is 4.74 Å². The standard InChI is InChI=1S/C13H19ClN2O2/c1-13(2,18-4)8-16-12(17)10-7-9(14)5-6-11(10)15-3/h5-7,15H,8H2,1-4H3,(H,16,17).